The lowest BCUT2D eigenvalue weighted by Gasteiger charge is -2.30. The number of imidazole rings is 2. The van der Waals surface area contributed by atoms with Gasteiger partial charge in [-0.25, -0.2) is 19.6 Å². The highest BCUT2D eigenvalue weighted by atomic mass is 16.5. The molecule has 3 aromatic carbocycles. The highest BCUT2D eigenvalue weighted by molar-refractivity contribution is 5.91. The summed E-state index contributed by atoms with van der Waals surface area (Å²) in [7, 11) is 4.20. The second-order valence-corrected chi connectivity index (χ2v) is 18.2. The van der Waals surface area contributed by atoms with Crippen LogP contribution in [0.5, 0.6) is 0 Å². The number of aromatic amines is 2. The van der Waals surface area contributed by atoms with Crippen molar-refractivity contribution in [3.63, 3.8) is 0 Å². The SMILES string of the molecule is C=C1C(COC)CN(C(=O)C(NC(=O)OC)C(C)C)C1c1ncc(-c2ccc(-c3ccc4cc(-c5cnc(C6CC7(CC7)CN6C(=O)C(NC(=O)OC)C(C)C)[nH]5)ccc4c3)cc2)[nH]1. The minimum atomic E-state index is -0.792. The van der Waals surface area contributed by atoms with Gasteiger partial charge in [-0.3, -0.25) is 9.59 Å². The summed E-state index contributed by atoms with van der Waals surface area (Å²) in [5.74, 6) is 0.582. The molecule has 0 bridgehead atoms. The van der Waals surface area contributed by atoms with Crippen LogP contribution in [-0.4, -0.2) is 107 Å². The topological polar surface area (TPSA) is 184 Å². The van der Waals surface area contributed by atoms with Crippen molar-refractivity contribution in [1.29, 1.82) is 0 Å². The molecule has 3 aliphatic rings. The van der Waals surface area contributed by atoms with E-state index in [-0.39, 0.29) is 41.0 Å². The van der Waals surface area contributed by atoms with Crippen LogP contribution in [-0.2, 0) is 23.8 Å². The molecule has 2 saturated heterocycles. The molecular formula is C49H58N8O7. The van der Waals surface area contributed by atoms with E-state index in [4.69, 9.17) is 24.2 Å². The molecule has 2 aromatic heterocycles. The second-order valence-electron chi connectivity index (χ2n) is 18.2. The average Bonchev–Trinajstić information content (AvgIpc) is 3.72. The Labute approximate surface area is 373 Å². The third-order valence-corrected chi connectivity index (χ3v) is 13.2. The number of rotatable bonds is 13. The maximum Gasteiger partial charge on any atom is 0.407 e. The molecule has 4 N–H and O–H groups in total. The number of carbonyl (C=O) groups excluding carboxylic acids is 4. The highest BCUT2D eigenvalue weighted by Gasteiger charge is 2.55. The van der Waals surface area contributed by atoms with E-state index in [1.807, 2.05) is 50.9 Å². The Balaban J connectivity index is 0.974. The lowest BCUT2D eigenvalue weighted by Crippen LogP contribution is -2.51. The quantitative estimate of drug-likeness (QED) is 0.0858. The summed E-state index contributed by atoms with van der Waals surface area (Å²) in [5, 5.41) is 7.63. The van der Waals surface area contributed by atoms with Crippen LogP contribution in [0.3, 0.4) is 0 Å². The maximum atomic E-state index is 14.0. The first-order valence-electron chi connectivity index (χ1n) is 22.0. The predicted molar refractivity (Wildman–Crippen MR) is 243 cm³/mol. The zero-order valence-electron chi connectivity index (χ0n) is 37.6. The molecule has 5 unspecified atom stereocenters. The van der Waals surface area contributed by atoms with E-state index in [1.165, 1.54) is 14.2 Å². The third kappa shape index (κ3) is 8.73. The molecule has 3 fully saturated rings. The Kier molecular flexibility index (Phi) is 12.4. The Morgan fingerprint density at radius 2 is 1.25 bits per heavy atom. The second kappa shape index (κ2) is 17.9. The number of alkyl carbamates (subject to hydrolysis) is 2. The number of nitrogens with zero attached hydrogens (tertiary/aromatic N) is 4. The smallest absolute Gasteiger partial charge is 0.407 e. The van der Waals surface area contributed by atoms with E-state index < -0.39 is 30.3 Å². The van der Waals surface area contributed by atoms with Crippen LogP contribution in [0.4, 0.5) is 9.59 Å². The van der Waals surface area contributed by atoms with Crippen molar-refractivity contribution < 1.29 is 33.4 Å². The number of carbonyl (C=O) groups is 4. The minimum Gasteiger partial charge on any atom is -0.453 e. The van der Waals surface area contributed by atoms with Crippen molar-refractivity contribution in [2.45, 2.75) is 71.1 Å². The first kappa shape index (κ1) is 44.1. The Morgan fingerprint density at radius 3 is 1.83 bits per heavy atom. The van der Waals surface area contributed by atoms with Crippen molar-refractivity contribution in [1.82, 2.24) is 40.4 Å². The van der Waals surface area contributed by atoms with Crippen molar-refractivity contribution in [3.05, 3.63) is 96.9 Å². The van der Waals surface area contributed by atoms with Gasteiger partial charge in [0.25, 0.3) is 0 Å². The fourth-order valence-corrected chi connectivity index (χ4v) is 9.32. The molecule has 64 heavy (non-hydrogen) atoms. The lowest BCUT2D eigenvalue weighted by atomic mass is 9.98. The summed E-state index contributed by atoms with van der Waals surface area (Å²) in [6.07, 6.45) is 5.32. The number of hydrogen-bond acceptors (Lipinski definition) is 9. The number of methoxy groups -OCH3 is 3. The van der Waals surface area contributed by atoms with Crippen LogP contribution >= 0.6 is 0 Å². The fourth-order valence-electron chi connectivity index (χ4n) is 9.32. The molecule has 4 amide bonds. The highest BCUT2D eigenvalue weighted by Crippen LogP contribution is 2.58. The number of amides is 4. The Bertz CT molecular complexity index is 2560. The van der Waals surface area contributed by atoms with Gasteiger partial charge in [0, 0.05) is 31.7 Å². The Hall–Kier alpha value is -6.48. The van der Waals surface area contributed by atoms with E-state index in [0.29, 0.717) is 25.5 Å². The summed E-state index contributed by atoms with van der Waals surface area (Å²) in [6, 6.07) is 18.8. The van der Waals surface area contributed by atoms with E-state index in [9.17, 15) is 19.2 Å². The third-order valence-electron chi connectivity index (χ3n) is 13.2. The van der Waals surface area contributed by atoms with Crippen molar-refractivity contribution in [3.8, 4) is 33.6 Å². The average molecular weight is 871 g/mol. The number of ether oxygens (including phenoxy) is 3. The lowest BCUT2D eigenvalue weighted by molar-refractivity contribution is -0.136. The number of fused-ring (bicyclic) bond motifs is 1. The number of likely N-dealkylation sites (tertiary alicyclic amines) is 2. The van der Waals surface area contributed by atoms with Gasteiger partial charge in [-0.1, -0.05) is 82.8 Å². The monoisotopic (exact) mass is 870 g/mol. The van der Waals surface area contributed by atoms with Gasteiger partial charge in [-0.2, -0.15) is 0 Å². The number of H-pyrrole nitrogens is 2. The van der Waals surface area contributed by atoms with Gasteiger partial charge >= 0.3 is 12.2 Å². The first-order valence-corrected chi connectivity index (χ1v) is 22.0. The van der Waals surface area contributed by atoms with Gasteiger partial charge in [-0.15, -0.1) is 0 Å². The van der Waals surface area contributed by atoms with E-state index in [1.54, 1.807) is 18.2 Å². The van der Waals surface area contributed by atoms with Gasteiger partial charge < -0.3 is 44.6 Å². The van der Waals surface area contributed by atoms with E-state index >= 15 is 0 Å². The molecule has 0 radical (unpaired) electrons. The van der Waals surface area contributed by atoms with Gasteiger partial charge in [0.1, 0.15) is 29.8 Å². The number of aromatic nitrogens is 4. The van der Waals surface area contributed by atoms with Crippen LogP contribution in [0.2, 0.25) is 0 Å². The van der Waals surface area contributed by atoms with Gasteiger partial charge in [0.15, 0.2) is 0 Å². The molecule has 1 aliphatic carbocycles. The zero-order valence-corrected chi connectivity index (χ0v) is 37.6. The summed E-state index contributed by atoms with van der Waals surface area (Å²) < 4.78 is 15.1. The molecule has 1 spiro atoms. The molecule has 4 heterocycles. The molecule has 1 saturated carbocycles. The zero-order chi connectivity index (χ0) is 45.4. The normalized spacial score (nSPS) is 20.0. The van der Waals surface area contributed by atoms with Gasteiger partial charge in [0.2, 0.25) is 11.8 Å². The number of benzene rings is 3. The van der Waals surface area contributed by atoms with E-state index in [0.717, 1.165) is 75.1 Å². The van der Waals surface area contributed by atoms with Crippen LogP contribution < -0.4 is 10.6 Å². The van der Waals surface area contributed by atoms with Crippen molar-refractivity contribution >= 4 is 34.8 Å². The Morgan fingerprint density at radius 1 is 0.734 bits per heavy atom. The molecule has 336 valence electrons. The fraction of sp³-hybridized carbons (Fsp3) is 0.429. The van der Waals surface area contributed by atoms with Crippen molar-refractivity contribution in [2.75, 3.05) is 41.0 Å². The molecule has 15 heteroatoms. The number of nitrogens with one attached hydrogen (secondary N) is 4. The molecular weight excluding hydrogens is 813 g/mol. The van der Waals surface area contributed by atoms with Crippen LogP contribution in [0.25, 0.3) is 44.4 Å². The maximum absolute atomic E-state index is 14.0. The minimum absolute atomic E-state index is 0.103. The summed E-state index contributed by atoms with van der Waals surface area (Å²) in [4.78, 5) is 72.4. The first-order chi connectivity index (χ1) is 30.7. The van der Waals surface area contributed by atoms with Gasteiger partial charge in [-0.05, 0) is 81.7 Å². The number of hydrogen-bond donors (Lipinski definition) is 4. The molecule has 8 rings (SSSR count). The van der Waals surface area contributed by atoms with E-state index in [2.05, 4.69) is 75.7 Å². The summed E-state index contributed by atoms with van der Waals surface area (Å²) in [6.45, 7) is 13.4. The standard InChI is InChI=1S/C49H58N8O7/c1-27(2)40(54-47(60)63-7)45(58)56-24-36(25-62-6)29(5)42(56)44-51-22-37(53-44)31-11-9-30(10-12-31)32-13-14-34-20-35(16-15-33(34)19-32)38-23-50-43(52-38)39-21-49(17-18-49)26-57(39)46(59)41(28(3)4)55-48(61)64-8/h9-16,19-20,22-23,27-28,36,39-42H,5,17-18,21,24-26H2,1-4,6-8H3,(H,50,52)(H,51,53)(H,54,60)(H,55,61). The van der Waals surface area contributed by atoms with Crippen LogP contribution in [0.15, 0.2) is 85.2 Å². The largest absolute Gasteiger partial charge is 0.453 e. The van der Waals surface area contributed by atoms with Crippen LogP contribution in [0, 0.1) is 23.2 Å². The molecule has 5 aromatic rings. The van der Waals surface area contributed by atoms with Gasteiger partial charge in [0.05, 0.1) is 50.6 Å². The van der Waals surface area contributed by atoms with Crippen LogP contribution in [0.1, 0.15) is 70.7 Å². The molecule has 15 nitrogen and oxygen atoms in total. The molecule has 2 aliphatic heterocycles. The summed E-state index contributed by atoms with van der Waals surface area (Å²) in [5.41, 5.74) is 6.65. The summed E-state index contributed by atoms with van der Waals surface area (Å²) >= 11 is 0. The predicted octanol–water partition coefficient (Wildman–Crippen LogP) is 7.80. The van der Waals surface area contributed by atoms with Crippen molar-refractivity contribution in [2.24, 2.45) is 23.2 Å². The molecule has 5 atom stereocenters.